The Bertz CT molecular complexity index is 376. The highest BCUT2D eigenvalue weighted by atomic mass is 19.3. The third-order valence-corrected chi connectivity index (χ3v) is 2.38. The summed E-state index contributed by atoms with van der Waals surface area (Å²) >= 11 is 0. The Kier molecular flexibility index (Phi) is 3.57. The minimum atomic E-state index is -4.43. The quantitative estimate of drug-likeness (QED) is 0.799. The van der Waals surface area contributed by atoms with Crippen molar-refractivity contribution in [3.8, 4) is 0 Å². The van der Waals surface area contributed by atoms with E-state index in [1.165, 1.54) is 19.1 Å². The van der Waals surface area contributed by atoms with Crippen molar-refractivity contribution in [2.75, 3.05) is 0 Å². The van der Waals surface area contributed by atoms with Gasteiger partial charge in [-0.2, -0.15) is 8.78 Å². The number of aliphatic hydroxyl groups excluding tert-OH is 1. The fraction of sp³-hybridized carbons (Fsp3) is 0.455. The Balaban J connectivity index is 3.10. The largest absolute Gasteiger partial charge is 0.382 e. The van der Waals surface area contributed by atoms with E-state index in [-0.39, 0.29) is 5.56 Å². The molecule has 0 aromatic heterocycles. The molecule has 0 aliphatic carbocycles. The van der Waals surface area contributed by atoms with Gasteiger partial charge in [0, 0.05) is 0 Å². The van der Waals surface area contributed by atoms with Gasteiger partial charge in [0.25, 0.3) is 0 Å². The number of hydrogen-bond acceptors (Lipinski definition) is 1. The van der Waals surface area contributed by atoms with Crippen molar-refractivity contribution in [1.82, 2.24) is 0 Å². The molecule has 90 valence electrons. The highest BCUT2D eigenvalue weighted by Crippen LogP contribution is 2.37. The van der Waals surface area contributed by atoms with E-state index in [0.717, 1.165) is 5.56 Å². The van der Waals surface area contributed by atoms with Crippen molar-refractivity contribution < 1.29 is 22.7 Å². The molecule has 0 aliphatic heterocycles. The van der Waals surface area contributed by atoms with E-state index in [1.54, 1.807) is 13.0 Å². The molecule has 0 bridgehead atoms. The third kappa shape index (κ3) is 2.35. The first-order valence-electron chi connectivity index (χ1n) is 4.68. The summed E-state index contributed by atoms with van der Waals surface area (Å²) in [4.78, 5) is 0. The van der Waals surface area contributed by atoms with Gasteiger partial charge in [0.2, 0.25) is 0 Å². The lowest BCUT2D eigenvalue weighted by atomic mass is 9.97. The van der Waals surface area contributed by atoms with Crippen LogP contribution in [-0.2, 0) is 0 Å². The van der Waals surface area contributed by atoms with Crippen molar-refractivity contribution >= 4 is 0 Å². The minimum absolute atomic E-state index is 0.170. The topological polar surface area (TPSA) is 20.2 Å². The fourth-order valence-electron chi connectivity index (χ4n) is 1.46. The summed E-state index contributed by atoms with van der Waals surface area (Å²) in [6.07, 6.45) is -6.36. The van der Waals surface area contributed by atoms with E-state index in [0.29, 0.717) is 5.56 Å². The first-order chi connectivity index (χ1) is 7.26. The molecule has 1 unspecified atom stereocenters. The molecule has 1 aromatic carbocycles. The average Bonchev–Trinajstić information content (AvgIpc) is 2.16. The minimum Gasteiger partial charge on any atom is -0.382 e. The summed E-state index contributed by atoms with van der Waals surface area (Å²) < 4.78 is 49.9. The van der Waals surface area contributed by atoms with Crippen molar-refractivity contribution in [3.63, 3.8) is 0 Å². The molecule has 0 heterocycles. The molecule has 16 heavy (non-hydrogen) atoms. The molecule has 1 aromatic rings. The number of aliphatic hydroxyl groups is 1. The normalized spacial score (nSPS) is 14.2. The molecule has 1 N–H and O–H groups in total. The van der Waals surface area contributed by atoms with E-state index < -0.39 is 18.5 Å². The molecule has 0 saturated heterocycles. The van der Waals surface area contributed by atoms with Crippen LogP contribution >= 0.6 is 0 Å². The molecule has 0 radical (unpaired) electrons. The molecule has 0 amide bonds. The maximum atomic E-state index is 12.9. The lowest BCUT2D eigenvalue weighted by molar-refractivity contribution is -0.194. The molecular weight excluding hydrogens is 224 g/mol. The second kappa shape index (κ2) is 4.41. The lowest BCUT2D eigenvalue weighted by Gasteiger charge is -2.23. The molecule has 0 saturated carbocycles. The highest BCUT2D eigenvalue weighted by Gasteiger charge is 2.49. The van der Waals surface area contributed by atoms with Gasteiger partial charge in [-0.05, 0) is 25.0 Å². The van der Waals surface area contributed by atoms with Crippen LogP contribution in [0, 0.1) is 13.8 Å². The van der Waals surface area contributed by atoms with Crippen LogP contribution in [0.2, 0.25) is 0 Å². The Morgan fingerprint density at radius 1 is 1.19 bits per heavy atom. The summed E-state index contributed by atoms with van der Waals surface area (Å²) in [5.41, 5.74) is 1.01. The van der Waals surface area contributed by atoms with E-state index in [9.17, 15) is 22.7 Å². The standard InChI is InChI=1S/C11H12F4O/c1-6-3-4-8(7(2)5-6)9(16)11(14,15)10(12)13/h3-5,9-10,16H,1-2H3. The molecule has 1 nitrogen and oxygen atoms in total. The van der Waals surface area contributed by atoms with Crippen LogP contribution in [0.25, 0.3) is 0 Å². The van der Waals surface area contributed by atoms with Crippen LogP contribution in [0.1, 0.15) is 22.8 Å². The predicted octanol–water partition coefficient (Wildman–Crippen LogP) is 3.24. The number of aryl methyl sites for hydroxylation is 2. The van der Waals surface area contributed by atoms with Gasteiger partial charge < -0.3 is 5.11 Å². The SMILES string of the molecule is Cc1ccc(C(O)C(F)(F)C(F)F)c(C)c1. The smallest absolute Gasteiger partial charge is 0.336 e. The Labute approximate surface area is 90.7 Å². The maximum absolute atomic E-state index is 12.9. The molecule has 1 rings (SSSR count). The summed E-state index contributed by atoms with van der Waals surface area (Å²) in [5, 5.41) is 9.26. The van der Waals surface area contributed by atoms with Gasteiger partial charge >= 0.3 is 12.3 Å². The van der Waals surface area contributed by atoms with Gasteiger partial charge in [-0.1, -0.05) is 23.8 Å². The van der Waals surface area contributed by atoms with Crippen LogP contribution in [0.5, 0.6) is 0 Å². The summed E-state index contributed by atoms with van der Waals surface area (Å²) in [6, 6.07) is 4.29. The number of benzene rings is 1. The fourth-order valence-corrected chi connectivity index (χ4v) is 1.46. The van der Waals surface area contributed by atoms with E-state index in [1.807, 2.05) is 0 Å². The second-order valence-corrected chi connectivity index (χ2v) is 3.74. The molecule has 5 heteroatoms. The summed E-state index contributed by atoms with van der Waals surface area (Å²) in [7, 11) is 0. The van der Waals surface area contributed by atoms with Gasteiger partial charge in [0.15, 0.2) is 0 Å². The number of hydrogen-bond donors (Lipinski definition) is 1. The number of alkyl halides is 4. The van der Waals surface area contributed by atoms with Gasteiger partial charge in [0.05, 0.1) is 0 Å². The summed E-state index contributed by atoms with van der Waals surface area (Å²) in [5.74, 6) is -4.43. The van der Waals surface area contributed by atoms with Crippen LogP contribution in [-0.4, -0.2) is 17.5 Å². The molecule has 0 aliphatic rings. The third-order valence-electron chi connectivity index (χ3n) is 2.38. The molecule has 1 atom stereocenters. The molecular formula is C11H12F4O. The van der Waals surface area contributed by atoms with Crippen molar-refractivity contribution in [3.05, 3.63) is 34.9 Å². The Morgan fingerprint density at radius 3 is 2.19 bits per heavy atom. The Hall–Kier alpha value is -1.10. The average molecular weight is 236 g/mol. The van der Waals surface area contributed by atoms with Crippen molar-refractivity contribution in [2.45, 2.75) is 32.3 Å². The van der Waals surface area contributed by atoms with Gasteiger partial charge in [-0.25, -0.2) is 8.78 Å². The Morgan fingerprint density at radius 2 is 1.75 bits per heavy atom. The van der Waals surface area contributed by atoms with Gasteiger partial charge in [0.1, 0.15) is 6.10 Å². The van der Waals surface area contributed by atoms with Crippen LogP contribution in [0.15, 0.2) is 18.2 Å². The van der Waals surface area contributed by atoms with Crippen LogP contribution in [0.4, 0.5) is 17.6 Å². The van der Waals surface area contributed by atoms with E-state index in [4.69, 9.17) is 0 Å². The van der Waals surface area contributed by atoms with E-state index in [2.05, 4.69) is 0 Å². The van der Waals surface area contributed by atoms with Crippen LogP contribution in [0.3, 0.4) is 0 Å². The second-order valence-electron chi connectivity index (χ2n) is 3.74. The number of rotatable bonds is 3. The first kappa shape index (κ1) is 13.0. The first-order valence-corrected chi connectivity index (χ1v) is 4.68. The monoisotopic (exact) mass is 236 g/mol. The van der Waals surface area contributed by atoms with Gasteiger partial charge in [-0.15, -0.1) is 0 Å². The summed E-state index contributed by atoms with van der Waals surface area (Å²) in [6.45, 7) is 3.24. The van der Waals surface area contributed by atoms with Crippen LogP contribution < -0.4 is 0 Å². The van der Waals surface area contributed by atoms with E-state index >= 15 is 0 Å². The zero-order valence-electron chi connectivity index (χ0n) is 8.85. The van der Waals surface area contributed by atoms with Gasteiger partial charge in [-0.3, -0.25) is 0 Å². The number of halogens is 4. The molecule has 0 fully saturated rings. The maximum Gasteiger partial charge on any atom is 0.336 e. The predicted molar refractivity (Wildman–Crippen MR) is 51.8 cm³/mol. The lowest BCUT2D eigenvalue weighted by Crippen LogP contribution is -2.34. The van der Waals surface area contributed by atoms with Crippen molar-refractivity contribution in [1.29, 1.82) is 0 Å². The van der Waals surface area contributed by atoms with Crippen molar-refractivity contribution in [2.24, 2.45) is 0 Å². The molecule has 0 spiro atoms. The highest BCUT2D eigenvalue weighted by molar-refractivity contribution is 5.33. The zero-order chi connectivity index (χ0) is 12.5. The zero-order valence-corrected chi connectivity index (χ0v) is 8.85.